The Kier molecular flexibility index (Phi) is 7.01. The summed E-state index contributed by atoms with van der Waals surface area (Å²) in [5.74, 6) is 0.336. The van der Waals surface area contributed by atoms with E-state index in [1.165, 1.54) is 11.9 Å². The predicted molar refractivity (Wildman–Crippen MR) is 61.1 cm³/mol. The molecule has 0 aromatic heterocycles. The molecule has 0 fully saturated rings. The molecule has 14 heavy (non-hydrogen) atoms. The molecule has 1 atom stereocenters. The summed E-state index contributed by atoms with van der Waals surface area (Å²) in [5.41, 5.74) is 0. The second-order valence-electron chi connectivity index (χ2n) is 3.99. The molecule has 0 saturated heterocycles. The average Bonchev–Trinajstić information content (AvgIpc) is 2.01. The first-order valence-corrected chi connectivity index (χ1v) is 6.18. The van der Waals surface area contributed by atoms with Gasteiger partial charge in [0.2, 0.25) is 0 Å². The van der Waals surface area contributed by atoms with E-state index in [9.17, 15) is 4.79 Å². The molecule has 0 aliphatic carbocycles. The molecule has 0 aliphatic heterocycles. The van der Waals surface area contributed by atoms with E-state index < -0.39 is 0 Å². The summed E-state index contributed by atoms with van der Waals surface area (Å²) in [5, 5.41) is 0. The van der Waals surface area contributed by atoms with Crippen LogP contribution in [-0.4, -0.2) is 24.4 Å². The number of ether oxygens (including phenoxy) is 1. The van der Waals surface area contributed by atoms with Crippen LogP contribution >= 0.6 is 11.9 Å². The highest BCUT2D eigenvalue weighted by Crippen LogP contribution is 2.09. The molecule has 4 heteroatoms. The number of rotatable bonds is 6. The second kappa shape index (κ2) is 7.12. The van der Waals surface area contributed by atoms with Crippen LogP contribution in [-0.2, 0) is 9.53 Å². The van der Waals surface area contributed by atoms with Crippen molar-refractivity contribution in [3.63, 3.8) is 0 Å². The van der Waals surface area contributed by atoms with E-state index in [2.05, 4.69) is 18.6 Å². The van der Waals surface area contributed by atoms with Crippen molar-refractivity contribution in [1.82, 2.24) is 4.72 Å². The molecule has 1 unspecified atom stereocenters. The molecule has 84 valence electrons. The van der Waals surface area contributed by atoms with Gasteiger partial charge in [-0.05, 0) is 32.4 Å². The van der Waals surface area contributed by atoms with E-state index in [4.69, 9.17) is 4.74 Å². The third-order valence-corrected chi connectivity index (χ3v) is 2.12. The molecule has 0 amide bonds. The Morgan fingerprint density at radius 1 is 1.36 bits per heavy atom. The predicted octanol–water partition coefficient (Wildman–Crippen LogP) is 2.22. The fourth-order valence-corrected chi connectivity index (χ4v) is 1.60. The van der Waals surface area contributed by atoms with Gasteiger partial charge in [0.1, 0.15) is 6.04 Å². The van der Waals surface area contributed by atoms with Crippen molar-refractivity contribution >= 4 is 17.9 Å². The summed E-state index contributed by atoms with van der Waals surface area (Å²) in [7, 11) is 0. The van der Waals surface area contributed by atoms with Crippen molar-refractivity contribution < 1.29 is 9.53 Å². The van der Waals surface area contributed by atoms with Crippen LogP contribution in [0, 0.1) is 5.92 Å². The van der Waals surface area contributed by atoms with E-state index in [1.807, 2.05) is 20.1 Å². The lowest BCUT2D eigenvalue weighted by molar-refractivity contribution is -0.149. The van der Waals surface area contributed by atoms with E-state index in [1.54, 1.807) is 0 Å². The van der Waals surface area contributed by atoms with Gasteiger partial charge in [0.25, 0.3) is 0 Å². The van der Waals surface area contributed by atoms with Gasteiger partial charge in [0.15, 0.2) is 0 Å². The van der Waals surface area contributed by atoms with Crippen LogP contribution in [0.2, 0.25) is 0 Å². The maximum absolute atomic E-state index is 11.6. The minimum atomic E-state index is -0.188. The minimum absolute atomic E-state index is 0.0409. The largest absolute Gasteiger partial charge is 0.462 e. The maximum atomic E-state index is 11.6. The van der Waals surface area contributed by atoms with Crippen LogP contribution in [0.1, 0.15) is 34.1 Å². The fourth-order valence-electron chi connectivity index (χ4n) is 1.12. The van der Waals surface area contributed by atoms with Crippen molar-refractivity contribution in [2.75, 3.05) is 6.26 Å². The van der Waals surface area contributed by atoms with Gasteiger partial charge in [0, 0.05) is 0 Å². The summed E-state index contributed by atoms with van der Waals surface area (Å²) >= 11 is 1.46. The first kappa shape index (κ1) is 13.8. The van der Waals surface area contributed by atoms with Gasteiger partial charge in [-0.3, -0.25) is 9.52 Å². The Balaban J connectivity index is 4.10. The zero-order valence-electron chi connectivity index (χ0n) is 9.66. The third kappa shape index (κ3) is 6.27. The summed E-state index contributed by atoms with van der Waals surface area (Å²) < 4.78 is 8.21. The molecular weight excluding hydrogens is 198 g/mol. The lowest BCUT2D eigenvalue weighted by atomic mass is 10.0. The minimum Gasteiger partial charge on any atom is -0.462 e. The van der Waals surface area contributed by atoms with Crippen LogP contribution in [0.4, 0.5) is 0 Å². The van der Waals surface area contributed by atoms with Gasteiger partial charge < -0.3 is 4.74 Å². The summed E-state index contributed by atoms with van der Waals surface area (Å²) in [6, 6.07) is -0.188. The van der Waals surface area contributed by atoms with Crippen molar-refractivity contribution in [1.29, 1.82) is 0 Å². The highest BCUT2D eigenvalue weighted by molar-refractivity contribution is 7.96. The Bertz CT molecular complexity index is 172. The maximum Gasteiger partial charge on any atom is 0.324 e. The molecule has 0 radical (unpaired) electrons. The second-order valence-corrected chi connectivity index (χ2v) is 4.63. The standard InChI is InChI=1S/C10H21NO2S/c1-7(2)6-9(11-14-5)10(12)13-8(3)4/h7-9,11H,6H2,1-5H3. The lowest BCUT2D eigenvalue weighted by Gasteiger charge is -2.19. The molecule has 0 aromatic carbocycles. The monoisotopic (exact) mass is 219 g/mol. The van der Waals surface area contributed by atoms with Crippen LogP contribution in [0.25, 0.3) is 0 Å². The van der Waals surface area contributed by atoms with E-state index in [0.29, 0.717) is 5.92 Å². The zero-order valence-corrected chi connectivity index (χ0v) is 10.5. The summed E-state index contributed by atoms with van der Waals surface area (Å²) in [6.07, 6.45) is 2.68. The number of nitrogens with one attached hydrogen (secondary N) is 1. The summed E-state index contributed by atoms with van der Waals surface area (Å²) in [6.45, 7) is 7.92. The van der Waals surface area contributed by atoms with E-state index in [-0.39, 0.29) is 18.1 Å². The van der Waals surface area contributed by atoms with Gasteiger partial charge in [-0.2, -0.15) is 0 Å². The van der Waals surface area contributed by atoms with Crippen LogP contribution < -0.4 is 4.72 Å². The highest BCUT2D eigenvalue weighted by atomic mass is 32.2. The number of hydrogen-bond donors (Lipinski definition) is 1. The highest BCUT2D eigenvalue weighted by Gasteiger charge is 2.21. The molecule has 1 N–H and O–H groups in total. The van der Waals surface area contributed by atoms with Gasteiger partial charge in [-0.15, -0.1) is 0 Å². The molecule has 0 bridgehead atoms. The SMILES string of the molecule is CSNC(CC(C)C)C(=O)OC(C)C. The smallest absolute Gasteiger partial charge is 0.324 e. The number of carbonyl (C=O) groups excluding carboxylic acids is 1. The van der Waals surface area contributed by atoms with Gasteiger partial charge in [-0.25, -0.2) is 0 Å². The van der Waals surface area contributed by atoms with Crippen LogP contribution in [0.3, 0.4) is 0 Å². The number of hydrogen-bond acceptors (Lipinski definition) is 4. The zero-order chi connectivity index (χ0) is 11.1. The Morgan fingerprint density at radius 3 is 2.29 bits per heavy atom. The molecule has 0 aromatic rings. The Hall–Kier alpha value is -0.220. The summed E-state index contributed by atoms with van der Waals surface area (Å²) in [4.78, 5) is 11.6. The molecule has 0 heterocycles. The number of carbonyl (C=O) groups is 1. The molecule has 0 spiro atoms. The van der Waals surface area contributed by atoms with Crippen molar-refractivity contribution in [3.05, 3.63) is 0 Å². The third-order valence-electron chi connectivity index (χ3n) is 1.60. The van der Waals surface area contributed by atoms with Crippen molar-refractivity contribution in [3.8, 4) is 0 Å². The van der Waals surface area contributed by atoms with Crippen molar-refractivity contribution in [2.24, 2.45) is 5.92 Å². The Labute approximate surface area is 91.1 Å². The average molecular weight is 219 g/mol. The molecule has 0 saturated carbocycles. The van der Waals surface area contributed by atoms with E-state index in [0.717, 1.165) is 6.42 Å². The van der Waals surface area contributed by atoms with Crippen LogP contribution in [0.5, 0.6) is 0 Å². The quantitative estimate of drug-likeness (QED) is 0.549. The van der Waals surface area contributed by atoms with Crippen LogP contribution in [0.15, 0.2) is 0 Å². The topological polar surface area (TPSA) is 38.3 Å². The normalized spacial score (nSPS) is 13.4. The Morgan fingerprint density at radius 2 is 1.93 bits per heavy atom. The fraction of sp³-hybridized carbons (Fsp3) is 0.900. The molecule has 0 rings (SSSR count). The van der Waals surface area contributed by atoms with Crippen molar-refractivity contribution in [2.45, 2.75) is 46.3 Å². The van der Waals surface area contributed by atoms with Gasteiger partial charge >= 0.3 is 5.97 Å². The molecule has 0 aliphatic rings. The van der Waals surface area contributed by atoms with E-state index >= 15 is 0 Å². The number of esters is 1. The molecule has 3 nitrogen and oxygen atoms in total. The first-order chi connectivity index (χ1) is 6.47. The molecular formula is C10H21NO2S. The first-order valence-electron chi connectivity index (χ1n) is 4.96. The van der Waals surface area contributed by atoms with Gasteiger partial charge in [-0.1, -0.05) is 25.8 Å². The van der Waals surface area contributed by atoms with Gasteiger partial charge in [0.05, 0.1) is 6.10 Å². The lowest BCUT2D eigenvalue weighted by Crippen LogP contribution is -2.36.